The minimum atomic E-state index is -4.55. The number of rotatable bonds is 4. The summed E-state index contributed by atoms with van der Waals surface area (Å²) in [6, 6.07) is 5.36. The third kappa shape index (κ3) is 3.94. The number of anilines is 1. The van der Waals surface area contributed by atoms with Gasteiger partial charge in [0.25, 0.3) is 5.82 Å². The van der Waals surface area contributed by atoms with E-state index in [2.05, 4.69) is 10.1 Å². The SMILES string of the molecule is Cc1cc(Cn2nc(C(F)(F)F)nc2SC(C)C)ccc1N. The van der Waals surface area contributed by atoms with Crippen LogP contribution in [0.3, 0.4) is 0 Å². The van der Waals surface area contributed by atoms with Crippen LogP contribution >= 0.6 is 11.8 Å². The van der Waals surface area contributed by atoms with E-state index < -0.39 is 12.0 Å². The molecule has 120 valence electrons. The maximum atomic E-state index is 12.8. The van der Waals surface area contributed by atoms with Crippen LogP contribution in [0.15, 0.2) is 23.4 Å². The van der Waals surface area contributed by atoms with Crippen LogP contribution in [0.4, 0.5) is 18.9 Å². The van der Waals surface area contributed by atoms with E-state index in [-0.39, 0.29) is 17.0 Å². The fraction of sp³-hybridized carbons (Fsp3) is 0.429. The first-order chi connectivity index (χ1) is 10.2. The second kappa shape index (κ2) is 6.20. The summed E-state index contributed by atoms with van der Waals surface area (Å²) in [5.41, 5.74) is 8.11. The van der Waals surface area contributed by atoms with Crippen molar-refractivity contribution < 1.29 is 13.2 Å². The molecule has 0 radical (unpaired) electrons. The van der Waals surface area contributed by atoms with Crippen LogP contribution < -0.4 is 5.73 Å². The number of hydrogen-bond acceptors (Lipinski definition) is 4. The lowest BCUT2D eigenvalue weighted by Gasteiger charge is -2.09. The first kappa shape index (κ1) is 16.7. The van der Waals surface area contributed by atoms with Crippen molar-refractivity contribution in [3.63, 3.8) is 0 Å². The van der Waals surface area contributed by atoms with Crippen molar-refractivity contribution in [2.24, 2.45) is 0 Å². The van der Waals surface area contributed by atoms with Gasteiger partial charge in [-0.2, -0.15) is 18.2 Å². The molecule has 1 aromatic carbocycles. The Kier molecular flexibility index (Phi) is 4.69. The molecule has 0 atom stereocenters. The second-order valence-corrected chi connectivity index (χ2v) is 6.77. The Morgan fingerprint density at radius 1 is 1.32 bits per heavy atom. The second-order valence-electron chi connectivity index (χ2n) is 5.23. The molecule has 0 aliphatic heterocycles. The summed E-state index contributed by atoms with van der Waals surface area (Å²) < 4.78 is 39.7. The molecule has 0 unspecified atom stereocenters. The van der Waals surface area contributed by atoms with E-state index in [9.17, 15) is 13.2 Å². The van der Waals surface area contributed by atoms with Crippen molar-refractivity contribution >= 4 is 17.4 Å². The van der Waals surface area contributed by atoms with E-state index in [0.29, 0.717) is 5.69 Å². The zero-order valence-electron chi connectivity index (χ0n) is 12.5. The largest absolute Gasteiger partial charge is 0.453 e. The molecule has 2 rings (SSSR count). The van der Waals surface area contributed by atoms with E-state index >= 15 is 0 Å². The summed E-state index contributed by atoms with van der Waals surface area (Å²) in [6.07, 6.45) is -4.55. The minimum Gasteiger partial charge on any atom is -0.399 e. The van der Waals surface area contributed by atoms with Crippen LogP contribution in [-0.2, 0) is 12.7 Å². The molecular formula is C14H17F3N4S. The molecule has 1 heterocycles. The summed E-state index contributed by atoms with van der Waals surface area (Å²) in [7, 11) is 0. The number of nitrogen functional groups attached to an aromatic ring is 1. The summed E-state index contributed by atoms with van der Waals surface area (Å²) in [4.78, 5) is 3.62. The van der Waals surface area contributed by atoms with E-state index in [4.69, 9.17) is 5.73 Å². The smallest absolute Gasteiger partial charge is 0.399 e. The summed E-state index contributed by atoms with van der Waals surface area (Å²) in [5.74, 6) is -1.11. The molecule has 0 saturated carbocycles. The van der Waals surface area contributed by atoms with Gasteiger partial charge in [-0.1, -0.05) is 37.7 Å². The highest BCUT2D eigenvalue weighted by Crippen LogP contribution is 2.30. The van der Waals surface area contributed by atoms with E-state index in [1.807, 2.05) is 26.8 Å². The zero-order chi connectivity index (χ0) is 16.5. The van der Waals surface area contributed by atoms with Gasteiger partial charge in [-0.3, -0.25) is 0 Å². The van der Waals surface area contributed by atoms with Gasteiger partial charge in [0, 0.05) is 10.9 Å². The van der Waals surface area contributed by atoms with Crippen molar-refractivity contribution in [2.75, 3.05) is 5.73 Å². The highest BCUT2D eigenvalue weighted by Gasteiger charge is 2.37. The van der Waals surface area contributed by atoms with Crippen LogP contribution in [0.25, 0.3) is 0 Å². The Hall–Kier alpha value is -1.70. The van der Waals surface area contributed by atoms with Crippen LogP contribution in [0, 0.1) is 6.92 Å². The molecule has 0 aliphatic rings. The van der Waals surface area contributed by atoms with Crippen molar-refractivity contribution in [1.82, 2.24) is 14.8 Å². The van der Waals surface area contributed by atoms with Crippen molar-refractivity contribution in [1.29, 1.82) is 0 Å². The van der Waals surface area contributed by atoms with Gasteiger partial charge < -0.3 is 5.73 Å². The number of halogens is 3. The van der Waals surface area contributed by atoms with E-state index in [1.54, 1.807) is 12.1 Å². The lowest BCUT2D eigenvalue weighted by atomic mass is 10.1. The molecule has 0 spiro atoms. The quantitative estimate of drug-likeness (QED) is 0.685. The third-order valence-corrected chi connectivity index (χ3v) is 3.88. The van der Waals surface area contributed by atoms with Gasteiger partial charge in [-0.25, -0.2) is 4.68 Å². The van der Waals surface area contributed by atoms with E-state index in [1.165, 1.54) is 16.4 Å². The number of hydrogen-bond donors (Lipinski definition) is 1. The van der Waals surface area contributed by atoms with Gasteiger partial charge in [-0.05, 0) is 24.1 Å². The van der Waals surface area contributed by atoms with Crippen molar-refractivity contribution in [3.8, 4) is 0 Å². The van der Waals surface area contributed by atoms with Gasteiger partial charge in [0.05, 0.1) is 6.54 Å². The summed E-state index contributed by atoms with van der Waals surface area (Å²) >= 11 is 1.25. The number of thioether (sulfide) groups is 1. The Morgan fingerprint density at radius 2 is 2.00 bits per heavy atom. The number of alkyl halides is 3. The average molecular weight is 330 g/mol. The Morgan fingerprint density at radius 3 is 2.55 bits per heavy atom. The molecule has 0 amide bonds. The minimum absolute atomic E-state index is 0.109. The summed E-state index contributed by atoms with van der Waals surface area (Å²) in [6.45, 7) is 5.86. The molecule has 1 aromatic heterocycles. The zero-order valence-corrected chi connectivity index (χ0v) is 13.3. The van der Waals surface area contributed by atoms with Gasteiger partial charge >= 0.3 is 6.18 Å². The molecule has 22 heavy (non-hydrogen) atoms. The van der Waals surface area contributed by atoms with Crippen LogP contribution in [0.1, 0.15) is 30.8 Å². The molecule has 0 aliphatic carbocycles. The lowest BCUT2D eigenvalue weighted by Crippen LogP contribution is -2.10. The van der Waals surface area contributed by atoms with Crippen molar-refractivity contribution in [3.05, 3.63) is 35.2 Å². The third-order valence-electron chi connectivity index (χ3n) is 2.90. The van der Waals surface area contributed by atoms with Crippen LogP contribution in [0.5, 0.6) is 0 Å². The first-order valence-electron chi connectivity index (χ1n) is 6.70. The fourth-order valence-electron chi connectivity index (χ4n) is 1.86. The summed E-state index contributed by atoms with van der Waals surface area (Å²) in [5, 5.41) is 3.98. The number of benzene rings is 1. The normalized spacial score (nSPS) is 12.1. The van der Waals surface area contributed by atoms with E-state index in [0.717, 1.165) is 11.1 Å². The van der Waals surface area contributed by atoms with Crippen molar-refractivity contribution in [2.45, 2.75) is 43.9 Å². The number of aromatic nitrogens is 3. The first-order valence-corrected chi connectivity index (χ1v) is 7.58. The lowest BCUT2D eigenvalue weighted by molar-refractivity contribution is -0.145. The standard InChI is InChI=1S/C14H17F3N4S/c1-8(2)22-13-19-12(14(15,16)17)20-21(13)7-10-4-5-11(18)9(3)6-10/h4-6,8H,7,18H2,1-3H3. The number of aryl methyl sites for hydroxylation is 1. The maximum Gasteiger partial charge on any atom is 0.453 e. The Bertz CT molecular complexity index is 665. The van der Waals surface area contributed by atoms with Crippen LogP contribution in [-0.4, -0.2) is 20.0 Å². The Balaban J connectivity index is 2.35. The highest BCUT2D eigenvalue weighted by atomic mass is 32.2. The predicted octanol–water partition coefficient (Wildman–Crippen LogP) is 3.74. The average Bonchev–Trinajstić information content (AvgIpc) is 2.76. The highest BCUT2D eigenvalue weighted by molar-refractivity contribution is 7.99. The molecular weight excluding hydrogens is 313 g/mol. The molecule has 0 fully saturated rings. The fourth-order valence-corrected chi connectivity index (χ4v) is 2.65. The van der Waals surface area contributed by atoms with Crippen LogP contribution in [0.2, 0.25) is 0 Å². The van der Waals surface area contributed by atoms with Gasteiger partial charge in [0.15, 0.2) is 5.16 Å². The predicted molar refractivity (Wildman–Crippen MR) is 80.7 cm³/mol. The number of nitrogens with two attached hydrogens (primary N) is 1. The molecule has 4 nitrogen and oxygen atoms in total. The molecule has 2 aromatic rings. The molecule has 2 N–H and O–H groups in total. The monoisotopic (exact) mass is 330 g/mol. The molecule has 8 heteroatoms. The van der Waals surface area contributed by atoms with Gasteiger partial charge in [0.1, 0.15) is 0 Å². The molecule has 0 bridgehead atoms. The maximum absolute atomic E-state index is 12.8. The van der Waals surface area contributed by atoms with Gasteiger partial charge in [-0.15, -0.1) is 5.10 Å². The topological polar surface area (TPSA) is 56.7 Å². The number of nitrogens with zero attached hydrogens (tertiary/aromatic N) is 3. The molecule has 0 saturated heterocycles. The Labute approximate surface area is 130 Å². The van der Waals surface area contributed by atoms with Gasteiger partial charge in [0.2, 0.25) is 0 Å².